The predicted octanol–water partition coefficient (Wildman–Crippen LogP) is 4.33. The van der Waals surface area contributed by atoms with Crippen LogP contribution in [0.3, 0.4) is 0 Å². The fourth-order valence-corrected chi connectivity index (χ4v) is 5.32. The molecule has 0 spiro atoms. The molecule has 118 valence electrons. The van der Waals surface area contributed by atoms with Crippen LogP contribution in [0.25, 0.3) is 5.57 Å². The molecule has 0 aliphatic carbocycles. The molecule has 2 aromatic rings. The van der Waals surface area contributed by atoms with Crippen LogP contribution in [0.15, 0.2) is 60.7 Å². The average Bonchev–Trinajstić information content (AvgIpc) is 2.82. The van der Waals surface area contributed by atoms with E-state index in [-0.39, 0.29) is 5.25 Å². The van der Waals surface area contributed by atoms with Gasteiger partial charge in [0.15, 0.2) is 0 Å². The molecule has 23 heavy (non-hydrogen) atoms. The lowest BCUT2D eigenvalue weighted by molar-refractivity contribution is 0.306. The molecule has 0 saturated carbocycles. The van der Waals surface area contributed by atoms with Gasteiger partial charge in [-0.25, -0.2) is 0 Å². The third-order valence-corrected chi connectivity index (χ3v) is 6.72. The van der Waals surface area contributed by atoms with Crippen LogP contribution in [0.2, 0.25) is 0 Å². The molecule has 3 atom stereocenters. The van der Waals surface area contributed by atoms with Gasteiger partial charge in [0.25, 0.3) is 0 Å². The van der Waals surface area contributed by atoms with Crippen LogP contribution < -0.4 is 4.74 Å². The molecule has 0 amide bonds. The molecule has 2 aliphatic rings. The van der Waals surface area contributed by atoms with E-state index in [9.17, 15) is 4.21 Å². The Labute approximate surface area is 139 Å². The van der Waals surface area contributed by atoms with E-state index in [1.165, 1.54) is 16.7 Å². The molecule has 3 unspecified atom stereocenters. The zero-order chi connectivity index (χ0) is 15.6. The van der Waals surface area contributed by atoms with Gasteiger partial charge < -0.3 is 4.74 Å². The van der Waals surface area contributed by atoms with E-state index in [1.807, 2.05) is 30.3 Å². The van der Waals surface area contributed by atoms with Gasteiger partial charge in [0, 0.05) is 16.0 Å². The number of ether oxygens (including phenoxy) is 1. The highest BCUT2D eigenvalue weighted by Gasteiger charge is 2.36. The van der Waals surface area contributed by atoms with Gasteiger partial charge in [-0.2, -0.15) is 0 Å². The van der Waals surface area contributed by atoms with Crippen molar-refractivity contribution in [1.82, 2.24) is 0 Å². The lowest BCUT2D eigenvalue weighted by atomic mass is 10.0. The summed E-state index contributed by atoms with van der Waals surface area (Å²) < 4.78 is 18.1. The van der Waals surface area contributed by atoms with E-state index in [4.69, 9.17) is 4.74 Å². The molecule has 2 aromatic carbocycles. The summed E-state index contributed by atoms with van der Waals surface area (Å²) in [6.45, 7) is 0.582. The lowest BCUT2D eigenvalue weighted by Gasteiger charge is -2.20. The van der Waals surface area contributed by atoms with Crippen LogP contribution in [-0.2, 0) is 17.4 Å². The monoisotopic (exact) mass is 324 g/mol. The largest absolute Gasteiger partial charge is 0.489 e. The Balaban J connectivity index is 1.51. The molecular weight excluding hydrogens is 304 g/mol. The average molecular weight is 324 g/mol. The molecule has 4 rings (SSSR count). The first kappa shape index (κ1) is 14.7. The van der Waals surface area contributed by atoms with Crippen LogP contribution in [0.5, 0.6) is 5.75 Å². The maximum Gasteiger partial charge on any atom is 0.120 e. The van der Waals surface area contributed by atoms with Gasteiger partial charge in [0.1, 0.15) is 12.4 Å². The Morgan fingerprint density at radius 1 is 1.04 bits per heavy atom. The molecule has 1 fully saturated rings. The van der Waals surface area contributed by atoms with E-state index in [1.54, 1.807) is 0 Å². The molecule has 2 heterocycles. The summed E-state index contributed by atoms with van der Waals surface area (Å²) >= 11 is 0. The number of allylic oxidation sites excluding steroid dienone is 1. The Kier molecular flexibility index (Phi) is 4.04. The summed E-state index contributed by atoms with van der Waals surface area (Å²) in [6.07, 6.45) is 5.34. The summed E-state index contributed by atoms with van der Waals surface area (Å²) in [4.78, 5) is 0. The SMILES string of the molecule is O=S1C2C=C(c3cccc(OCc4ccccc4)c3)CC1CC2. The zero-order valence-electron chi connectivity index (χ0n) is 13.0. The van der Waals surface area contributed by atoms with Gasteiger partial charge in [0.2, 0.25) is 0 Å². The molecule has 3 heteroatoms. The van der Waals surface area contributed by atoms with Gasteiger partial charge in [-0.05, 0) is 48.1 Å². The van der Waals surface area contributed by atoms with Crippen molar-refractivity contribution in [1.29, 1.82) is 0 Å². The summed E-state index contributed by atoms with van der Waals surface area (Å²) in [5.74, 6) is 0.895. The van der Waals surface area contributed by atoms with E-state index in [0.717, 1.165) is 25.0 Å². The van der Waals surface area contributed by atoms with Crippen LogP contribution in [0, 0.1) is 0 Å². The smallest absolute Gasteiger partial charge is 0.120 e. The minimum atomic E-state index is -0.654. The maximum atomic E-state index is 12.1. The van der Waals surface area contributed by atoms with Gasteiger partial charge in [-0.3, -0.25) is 4.21 Å². The lowest BCUT2D eigenvalue weighted by Crippen LogP contribution is -2.19. The van der Waals surface area contributed by atoms with Crippen LogP contribution in [-0.4, -0.2) is 14.7 Å². The summed E-state index contributed by atoms with van der Waals surface area (Å²) in [5.41, 5.74) is 3.72. The molecular formula is C20H20O2S. The topological polar surface area (TPSA) is 26.3 Å². The second-order valence-corrected chi connectivity index (χ2v) is 8.19. The van der Waals surface area contributed by atoms with Crippen LogP contribution >= 0.6 is 0 Å². The highest BCUT2D eigenvalue weighted by Crippen LogP contribution is 2.39. The molecule has 0 aromatic heterocycles. The normalized spacial score (nSPS) is 25.9. The Bertz CT molecular complexity index is 751. The van der Waals surface area contributed by atoms with Crippen molar-refractivity contribution in [3.05, 3.63) is 71.8 Å². The Morgan fingerprint density at radius 2 is 1.91 bits per heavy atom. The van der Waals surface area contributed by atoms with Crippen LogP contribution in [0.4, 0.5) is 0 Å². The molecule has 1 saturated heterocycles. The van der Waals surface area contributed by atoms with Gasteiger partial charge in [-0.1, -0.05) is 48.5 Å². The van der Waals surface area contributed by atoms with Crippen molar-refractivity contribution < 1.29 is 8.95 Å². The van der Waals surface area contributed by atoms with E-state index < -0.39 is 10.8 Å². The van der Waals surface area contributed by atoms with Gasteiger partial charge in [0.05, 0.1) is 5.25 Å². The zero-order valence-corrected chi connectivity index (χ0v) is 13.8. The quantitative estimate of drug-likeness (QED) is 0.836. The summed E-state index contributed by atoms with van der Waals surface area (Å²) in [6, 6.07) is 18.5. The summed E-state index contributed by atoms with van der Waals surface area (Å²) in [5, 5.41) is 0.617. The van der Waals surface area contributed by atoms with Crippen molar-refractivity contribution in [2.75, 3.05) is 0 Å². The third-order valence-electron chi connectivity index (χ3n) is 4.69. The highest BCUT2D eigenvalue weighted by molar-refractivity contribution is 7.86. The molecule has 2 nitrogen and oxygen atoms in total. The predicted molar refractivity (Wildman–Crippen MR) is 94.8 cm³/mol. The Hall–Kier alpha value is -1.87. The van der Waals surface area contributed by atoms with Crippen molar-refractivity contribution in [3.63, 3.8) is 0 Å². The van der Waals surface area contributed by atoms with E-state index >= 15 is 0 Å². The van der Waals surface area contributed by atoms with Gasteiger partial charge >= 0.3 is 0 Å². The van der Waals surface area contributed by atoms with Crippen LogP contribution in [0.1, 0.15) is 30.4 Å². The van der Waals surface area contributed by atoms with Gasteiger partial charge in [-0.15, -0.1) is 0 Å². The first-order valence-electron chi connectivity index (χ1n) is 8.17. The fourth-order valence-electron chi connectivity index (χ4n) is 3.44. The molecule has 0 N–H and O–H groups in total. The number of benzene rings is 2. The standard InChI is InChI=1S/C20H20O2S/c21-23-19-9-10-20(23)13-17(12-19)16-7-4-8-18(11-16)22-14-15-5-2-1-3-6-15/h1-8,11-12,19-20H,9-10,13-14H2. The van der Waals surface area contributed by atoms with E-state index in [0.29, 0.717) is 11.9 Å². The maximum absolute atomic E-state index is 12.1. The minimum Gasteiger partial charge on any atom is -0.489 e. The minimum absolute atomic E-state index is 0.262. The first-order chi connectivity index (χ1) is 11.3. The Morgan fingerprint density at radius 3 is 2.74 bits per heavy atom. The first-order valence-corrected chi connectivity index (χ1v) is 9.44. The number of hydrogen-bond acceptors (Lipinski definition) is 2. The second-order valence-electron chi connectivity index (χ2n) is 6.26. The fraction of sp³-hybridized carbons (Fsp3) is 0.300. The number of rotatable bonds is 4. The second kappa shape index (κ2) is 6.32. The van der Waals surface area contributed by atoms with Crippen molar-refractivity contribution >= 4 is 16.4 Å². The third kappa shape index (κ3) is 3.11. The number of hydrogen-bond donors (Lipinski definition) is 0. The summed E-state index contributed by atoms with van der Waals surface area (Å²) in [7, 11) is -0.654. The van der Waals surface area contributed by atoms with Crippen molar-refractivity contribution in [3.8, 4) is 5.75 Å². The highest BCUT2D eigenvalue weighted by atomic mass is 32.2. The van der Waals surface area contributed by atoms with E-state index in [2.05, 4.69) is 30.3 Å². The molecule has 2 bridgehead atoms. The molecule has 2 aliphatic heterocycles. The molecule has 0 radical (unpaired) electrons. The van der Waals surface area contributed by atoms with Crippen molar-refractivity contribution in [2.45, 2.75) is 36.4 Å². The number of fused-ring (bicyclic) bond motifs is 2. The van der Waals surface area contributed by atoms with Crippen molar-refractivity contribution in [2.24, 2.45) is 0 Å².